The van der Waals surface area contributed by atoms with Crippen molar-refractivity contribution in [3.8, 4) is 11.1 Å². The van der Waals surface area contributed by atoms with E-state index in [0.717, 1.165) is 15.4 Å². The molecule has 0 aromatic heterocycles. The zero-order chi connectivity index (χ0) is 18.6. The molecule has 0 aliphatic heterocycles. The summed E-state index contributed by atoms with van der Waals surface area (Å²) in [6.45, 7) is 0.463. The maximum atomic E-state index is 12.7. The summed E-state index contributed by atoms with van der Waals surface area (Å²) in [4.78, 5) is 11.8. The van der Waals surface area contributed by atoms with Crippen molar-refractivity contribution in [2.24, 2.45) is 0 Å². The summed E-state index contributed by atoms with van der Waals surface area (Å²) < 4.78 is 26.3. The van der Waals surface area contributed by atoms with Crippen LogP contribution in [0.3, 0.4) is 0 Å². The molecule has 0 aliphatic carbocycles. The number of hydrogen-bond donors (Lipinski definition) is 2. The highest BCUT2D eigenvalue weighted by Crippen LogP contribution is 2.24. The predicted molar refractivity (Wildman–Crippen MR) is 94.4 cm³/mol. The minimum atomic E-state index is -4.00. The Balaban J connectivity index is 2.34. The lowest BCUT2D eigenvalue weighted by Gasteiger charge is -2.28. The van der Waals surface area contributed by atoms with Crippen molar-refractivity contribution >= 4 is 15.8 Å². The largest absolute Gasteiger partial charge is 0.391 e. The summed E-state index contributed by atoms with van der Waals surface area (Å²) in [7, 11) is -2.78. The van der Waals surface area contributed by atoms with Crippen molar-refractivity contribution in [3.63, 3.8) is 0 Å². The Morgan fingerprint density at radius 1 is 1.04 bits per heavy atom. The Bertz CT molecular complexity index is 816. The highest BCUT2D eigenvalue weighted by molar-refractivity contribution is 7.89. The number of ketones is 1. The Labute approximate surface area is 147 Å². The summed E-state index contributed by atoms with van der Waals surface area (Å²) in [5.41, 5.74) is 1.82. The van der Waals surface area contributed by atoms with Gasteiger partial charge in [-0.3, -0.25) is 4.79 Å². The Morgan fingerprint density at radius 3 is 2.04 bits per heavy atom. The molecule has 0 heterocycles. The van der Waals surface area contributed by atoms with Gasteiger partial charge in [0.15, 0.2) is 5.78 Å². The number of rotatable bonds is 7. The normalized spacial score (nSPS) is 14.3. The third kappa shape index (κ3) is 4.13. The van der Waals surface area contributed by atoms with Crippen molar-refractivity contribution in [2.45, 2.75) is 24.0 Å². The Hall–Kier alpha value is -2.06. The molecule has 7 heteroatoms. The van der Waals surface area contributed by atoms with Crippen molar-refractivity contribution < 1.29 is 23.4 Å². The van der Waals surface area contributed by atoms with E-state index in [2.05, 4.69) is 0 Å². The number of carbonyl (C=O) groups is 1. The fourth-order valence-corrected chi connectivity index (χ4v) is 4.04. The number of carbonyl (C=O) groups excluding carboxylic acids is 1. The first-order chi connectivity index (χ1) is 11.8. The minimum Gasteiger partial charge on any atom is -0.391 e. The van der Waals surface area contributed by atoms with Crippen LogP contribution in [-0.4, -0.2) is 54.5 Å². The maximum absolute atomic E-state index is 12.7. The SMILES string of the molecule is C[C@@H](O)[C@@H](C(=O)CO)N(C)S(=O)(=O)c1ccc(-c2ccccc2)cc1. The van der Waals surface area contributed by atoms with Gasteiger partial charge in [-0.25, -0.2) is 8.42 Å². The van der Waals surface area contributed by atoms with Gasteiger partial charge in [-0.05, 0) is 30.2 Å². The maximum Gasteiger partial charge on any atom is 0.243 e. The number of aliphatic hydroxyl groups excluding tert-OH is 2. The van der Waals surface area contributed by atoms with Crippen molar-refractivity contribution in [3.05, 3.63) is 54.6 Å². The van der Waals surface area contributed by atoms with E-state index in [1.54, 1.807) is 12.1 Å². The third-order valence-corrected chi connectivity index (χ3v) is 5.83. The van der Waals surface area contributed by atoms with E-state index in [4.69, 9.17) is 5.11 Å². The predicted octanol–water partition coefficient (Wildman–Crippen LogP) is 1.28. The van der Waals surface area contributed by atoms with E-state index < -0.39 is 34.6 Å². The van der Waals surface area contributed by atoms with E-state index in [0.29, 0.717) is 0 Å². The van der Waals surface area contributed by atoms with Gasteiger partial charge in [-0.15, -0.1) is 0 Å². The Kier molecular flexibility index (Phi) is 6.07. The van der Waals surface area contributed by atoms with Gasteiger partial charge in [0.05, 0.1) is 11.0 Å². The molecule has 2 aromatic rings. The zero-order valence-corrected chi connectivity index (χ0v) is 14.8. The molecule has 2 N–H and O–H groups in total. The number of sulfonamides is 1. The van der Waals surface area contributed by atoms with E-state index in [9.17, 15) is 18.3 Å². The van der Waals surface area contributed by atoms with E-state index in [1.807, 2.05) is 30.3 Å². The summed E-state index contributed by atoms with van der Waals surface area (Å²) in [6, 6.07) is 14.4. The molecule has 0 amide bonds. The smallest absolute Gasteiger partial charge is 0.243 e. The van der Waals surface area contributed by atoms with Gasteiger partial charge in [-0.2, -0.15) is 4.31 Å². The zero-order valence-electron chi connectivity index (χ0n) is 14.0. The topological polar surface area (TPSA) is 94.9 Å². The molecule has 0 saturated carbocycles. The summed E-state index contributed by atoms with van der Waals surface area (Å²) in [6.07, 6.45) is -1.25. The number of nitrogens with zero attached hydrogens (tertiary/aromatic N) is 1. The summed E-state index contributed by atoms with van der Waals surface area (Å²) in [5, 5.41) is 18.8. The van der Waals surface area contributed by atoms with Crippen LogP contribution in [0.1, 0.15) is 6.92 Å². The Morgan fingerprint density at radius 2 is 1.56 bits per heavy atom. The van der Waals surface area contributed by atoms with Crippen LogP contribution in [0, 0.1) is 0 Å². The van der Waals surface area contributed by atoms with Gasteiger partial charge in [0.1, 0.15) is 12.6 Å². The molecule has 2 aromatic carbocycles. The lowest BCUT2D eigenvalue weighted by molar-refractivity contribution is -0.128. The van der Waals surface area contributed by atoms with Crippen LogP contribution >= 0.6 is 0 Å². The highest BCUT2D eigenvalue weighted by atomic mass is 32.2. The first-order valence-corrected chi connectivity index (χ1v) is 9.18. The molecule has 0 fully saturated rings. The van der Waals surface area contributed by atoms with Gasteiger partial charge in [-0.1, -0.05) is 42.5 Å². The third-order valence-electron chi connectivity index (χ3n) is 3.97. The van der Waals surface area contributed by atoms with Gasteiger partial charge < -0.3 is 10.2 Å². The van der Waals surface area contributed by atoms with Crippen LogP contribution in [0.15, 0.2) is 59.5 Å². The van der Waals surface area contributed by atoms with Crippen molar-refractivity contribution in [1.29, 1.82) is 0 Å². The second kappa shape index (κ2) is 7.88. The van der Waals surface area contributed by atoms with Crippen LogP contribution in [0.25, 0.3) is 11.1 Å². The molecule has 0 radical (unpaired) electrons. The first-order valence-electron chi connectivity index (χ1n) is 7.74. The van der Waals surface area contributed by atoms with Crippen LogP contribution < -0.4 is 0 Å². The lowest BCUT2D eigenvalue weighted by Crippen LogP contribution is -2.49. The molecular formula is C18H21NO5S. The molecule has 0 spiro atoms. The van der Waals surface area contributed by atoms with E-state index in [1.165, 1.54) is 26.1 Å². The molecular weight excluding hydrogens is 342 g/mol. The molecule has 0 bridgehead atoms. The molecule has 2 rings (SSSR count). The first kappa shape index (κ1) is 19.3. The average Bonchev–Trinajstić information content (AvgIpc) is 2.62. The molecule has 2 atom stereocenters. The van der Waals surface area contributed by atoms with Crippen LogP contribution in [0.2, 0.25) is 0 Å². The fourth-order valence-electron chi connectivity index (χ4n) is 2.63. The average molecular weight is 363 g/mol. The number of likely N-dealkylation sites (N-methyl/N-ethyl adjacent to an activating group) is 1. The quantitative estimate of drug-likeness (QED) is 0.773. The van der Waals surface area contributed by atoms with E-state index in [-0.39, 0.29) is 4.90 Å². The van der Waals surface area contributed by atoms with Crippen LogP contribution in [0.4, 0.5) is 0 Å². The monoisotopic (exact) mass is 363 g/mol. The van der Waals surface area contributed by atoms with Gasteiger partial charge >= 0.3 is 0 Å². The number of aliphatic hydroxyl groups is 2. The minimum absolute atomic E-state index is 0.00562. The van der Waals surface area contributed by atoms with Gasteiger partial charge in [0, 0.05) is 7.05 Å². The lowest BCUT2D eigenvalue weighted by atomic mass is 10.1. The fraction of sp³-hybridized carbons (Fsp3) is 0.278. The van der Waals surface area contributed by atoms with Crippen LogP contribution in [-0.2, 0) is 14.8 Å². The molecule has 134 valence electrons. The standard InChI is InChI=1S/C18H21NO5S/c1-13(21)18(17(22)12-20)19(2)25(23,24)16-10-8-15(9-11-16)14-6-4-3-5-7-14/h3-11,13,18,20-21H,12H2,1-2H3/t13-,18+/m1/s1. The number of hydrogen-bond acceptors (Lipinski definition) is 5. The van der Waals surface area contributed by atoms with Crippen molar-refractivity contribution in [1.82, 2.24) is 4.31 Å². The second-order valence-corrected chi connectivity index (χ2v) is 7.72. The molecule has 6 nitrogen and oxygen atoms in total. The van der Waals surface area contributed by atoms with E-state index >= 15 is 0 Å². The van der Waals surface area contributed by atoms with Gasteiger partial charge in [0.2, 0.25) is 10.0 Å². The van der Waals surface area contributed by atoms with Crippen molar-refractivity contribution in [2.75, 3.05) is 13.7 Å². The number of benzene rings is 2. The summed E-state index contributed by atoms with van der Waals surface area (Å²) >= 11 is 0. The highest BCUT2D eigenvalue weighted by Gasteiger charge is 2.35. The van der Waals surface area contributed by atoms with Gasteiger partial charge in [0.25, 0.3) is 0 Å². The summed E-state index contributed by atoms with van der Waals surface area (Å²) in [5.74, 6) is -0.762. The number of Topliss-reactive ketones (excluding diaryl/α,β-unsaturated/α-hetero) is 1. The molecule has 25 heavy (non-hydrogen) atoms. The molecule has 0 aliphatic rings. The molecule has 0 unspecified atom stereocenters. The molecule has 0 saturated heterocycles. The van der Waals surface area contributed by atoms with Crippen LogP contribution in [0.5, 0.6) is 0 Å². The second-order valence-electron chi connectivity index (χ2n) is 5.72.